The average Bonchev–Trinajstić information content (AvgIpc) is 3.09. The molecule has 2 amide bonds. The van der Waals surface area contributed by atoms with Gasteiger partial charge in [0.25, 0.3) is 0 Å². The maximum absolute atomic E-state index is 12.6. The zero-order valence-electron chi connectivity index (χ0n) is 13.0. The van der Waals surface area contributed by atoms with Crippen LogP contribution in [0.25, 0.3) is 0 Å². The van der Waals surface area contributed by atoms with Gasteiger partial charge in [0.15, 0.2) is 0 Å². The van der Waals surface area contributed by atoms with Gasteiger partial charge in [0, 0.05) is 37.8 Å². The van der Waals surface area contributed by atoms with Crippen LogP contribution in [0.1, 0.15) is 18.4 Å². The molecule has 1 aliphatic heterocycles. The highest BCUT2D eigenvalue weighted by Gasteiger charge is 2.22. The van der Waals surface area contributed by atoms with Gasteiger partial charge in [-0.1, -0.05) is 18.2 Å². The second-order valence-corrected chi connectivity index (χ2v) is 5.67. The second kappa shape index (κ2) is 7.74. The summed E-state index contributed by atoms with van der Waals surface area (Å²) < 4.78 is 5.69. The number of nitrogens with one attached hydrogen (secondary N) is 1. The Kier molecular flexibility index (Phi) is 5.21. The molecule has 1 unspecified atom stereocenters. The van der Waals surface area contributed by atoms with Gasteiger partial charge in [0.1, 0.15) is 0 Å². The van der Waals surface area contributed by atoms with E-state index in [-0.39, 0.29) is 12.1 Å². The topological polar surface area (TPSA) is 54.5 Å². The van der Waals surface area contributed by atoms with Gasteiger partial charge in [0.2, 0.25) is 0 Å². The van der Waals surface area contributed by atoms with Crippen molar-refractivity contribution in [1.29, 1.82) is 0 Å². The van der Waals surface area contributed by atoms with E-state index in [1.54, 1.807) is 17.3 Å². The summed E-state index contributed by atoms with van der Waals surface area (Å²) in [5, 5.41) is 2.95. The highest BCUT2D eigenvalue weighted by atomic mass is 16.5. The number of hydrogen-bond acceptors (Lipinski definition) is 3. The minimum absolute atomic E-state index is 0.108. The number of aromatic nitrogens is 1. The van der Waals surface area contributed by atoms with Crippen LogP contribution in [0.2, 0.25) is 0 Å². The van der Waals surface area contributed by atoms with E-state index in [9.17, 15) is 4.79 Å². The first-order valence-electron chi connectivity index (χ1n) is 7.93. The fourth-order valence-electron chi connectivity index (χ4n) is 2.69. The summed E-state index contributed by atoms with van der Waals surface area (Å²) in [5.74, 6) is 0. The van der Waals surface area contributed by atoms with Gasteiger partial charge in [-0.05, 0) is 42.7 Å². The van der Waals surface area contributed by atoms with Crippen LogP contribution in [-0.4, -0.2) is 35.2 Å². The zero-order chi connectivity index (χ0) is 15.9. The van der Waals surface area contributed by atoms with Crippen LogP contribution in [0, 0.1) is 0 Å². The van der Waals surface area contributed by atoms with Crippen molar-refractivity contribution >= 4 is 11.7 Å². The third-order valence-corrected chi connectivity index (χ3v) is 3.88. The number of carbonyl (C=O) groups excluding carboxylic acids is 1. The van der Waals surface area contributed by atoms with Gasteiger partial charge >= 0.3 is 6.03 Å². The molecule has 2 heterocycles. The molecule has 1 saturated heterocycles. The molecule has 3 rings (SSSR count). The number of amides is 2. The Morgan fingerprint density at radius 3 is 2.70 bits per heavy atom. The molecule has 1 N–H and O–H groups in total. The number of ether oxygens (including phenoxy) is 1. The summed E-state index contributed by atoms with van der Waals surface area (Å²) in [5.41, 5.74) is 1.85. The molecule has 0 bridgehead atoms. The molecule has 5 nitrogen and oxygen atoms in total. The van der Waals surface area contributed by atoms with Crippen LogP contribution in [0.5, 0.6) is 0 Å². The summed E-state index contributed by atoms with van der Waals surface area (Å²) in [6, 6.07) is 13.3. The first kappa shape index (κ1) is 15.5. The first-order chi connectivity index (χ1) is 11.3. The van der Waals surface area contributed by atoms with E-state index in [1.165, 1.54) is 0 Å². The lowest BCUT2D eigenvalue weighted by Gasteiger charge is -2.26. The number of hydrogen-bond donors (Lipinski definition) is 1. The first-order valence-corrected chi connectivity index (χ1v) is 7.93. The van der Waals surface area contributed by atoms with Crippen molar-refractivity contribution in [1.82, 2.24) is 9.88 Å². The Balaban J connectivity index is 1.69. The largest absolute Gasteiger partial charge is 0.376 e. The maximum Gasteiger partial charge on any atom is 0.322 e. The van der Waals surface area contributed by atoms with Gasteiger partial charge in [-0.15, -0.1) is 0 Å². The van der Waals surface area contributed by atoms with Gasteiger partial charge in [-0.3, -0.25) is 4.98 Å². The van der Waals surface area contributed by atoms with Crippen LogP contribution in [0.3, 0.4) is 0 Å². The molecule has 1 aliphatic rings. The normalized spacial score (nSPS) is 17.0. The Bertz CT molecular complexity index is 613. The summed E-state index contributed by atoms with van der Waals surface area (Å²) >= 11 is 0. The Labute approximate surface area is 136 Å². The second-order valence-electron chi connectivity index (χ2n) is 5.67. The number of carbonyl (C=O) groups is 1. The highest BCUT2D eigenvalue weighted by molar-refractivity contribution is 5.89. The fraction of sp³-hybridized carbons (Fsp3) is 0.333. The van der Waals surface area contributed by atoms with Crippen molar-refractivity contribution in [3.63, 3.8) is 0 Å². The molecule has 0 aliphatic carbocycles. The van der Waals surface area contributed by atoms with Gasteiger partial charge < -0.3 is 15.0 Å². The molecular formula is C18H21N3O2. The smallest absolute Gasteiger partial charge is 0.322 e. The van der Waals surface area contributed by atoms with Crippen molar-refractivity contribution in [2.45, 2.75) is 25.5 Å². The summed E-state index contributed by atoms with van der Waals surface area (Å²) in [4.78, 5) is 18.5. The molecule has 1 aromatic carbocycles. The van der Waals surface area contributed by atoms with E-state index in [0.29, 0.717) is 13.1 Å². The predicted octanol–water partition coefficient (Wildman–Crippen LogP) is 3.29. The van der Waals surface area contributed by atoms with Crippen LogP contribution < -0.4 is 5.32 Å². The monoisotopic (exact) mass is 311 g/mol. The van der Waals surface area contributed by atoms with E-state index >= 15 is 0 Å². The maximum atomic E-state index is 12.6. The quantitative estimate of drug-likeness (QED) is 0.922. The number of anilines is 1. The SMILES string of the molecule is O=C(Nc1ccccc1)N(Cc1ccncc1)CC1CCCO1. The lowest BCUT2D eigenvalue weighted by Crippen LogP contribution is -2.39. The van der Waals surface area contributed by atoms with Crippen LogP contribution in [-0.2, 0) is 11.3 Å². The predicted molar refractivity (Wildman–Crippen MR) is 89.1 cm³/mol. The molecule has 0 spiro atoms. The van der Waals surface area contributed by atoms with Crippen molar-refractivity contribution in [3.8, 4) is 0 Å². The van der Waals surface area contributed by atoms with Crippen molar-refractivity contribution in [2.24, 2.45) is 0 Å². The van der Waals surface area contributed by atoms with Crippen molar-refractivity contribution < 1.29 is 9.53 Å². The molecule has 1 fully saturated rings. The van der Waals surface area contributed by atoms with Gasteiger partial charge in [-0.25, -0.2) is 4.79 Å². The average molecular weight is 311 g/mol. The fourth-order valence-corrected chi connectivity index (χ4v) is 2.69. The van der Waals surface area contributed by atoms with E-state index < -0.39 is 0 Å². The van der Waals surface area contributed by atoms with E-state index in [2.05, 4.69) is 10.3 Å². The Morgan fingerprint density at radius 1 is 1.22 bits per heavy atom. The number of benzene rings is 1. The van der Waals surface area contributed by atoms with E-state index in [1.807, 2.05) is 42.5 Å². The molecule has 0 radical (unpaired) electrons. The third kappa shape index (κ3) is 4.53. The highest BCUT2D eigenvalue weighted by Crippen LogP contribution is 2.16. The zero-order valence-corrected chi connectivity index (χ0v) is 13.0. The lowest BCUT2D eigenvalue weighted by atomic mass is 10.2. The molecule has 0 saturated carbocycles. The summed E-state index contributed by atoms with van der Waals surface area (Å²) in [7, 11) is 0. The molecular weight excluding hydrogens is 290 g/mol. The summed E-state index contributed by atoms with van der Waals surface area (Å²) in [6.45, 7) is 1.93. The van der Waals surface area contributed by atoms with Crippen LogP contribution in [0.15, 0.2) is 54.9 Å². The minimum atomic E-state index is -0.108. The summed E-state index contributed by atoms with van der Waals surface area (Å²) in [6.07, 6.45) is 5.68. The number of nitrogens with zero attached hydrogens (tertiary/aromatic N) is 2. The number of rotatable bonds is 5. The van der Waals surface area contributed by atoms with Crippen molar-refractivity contribution in [3.05, 3.63) is 60.4 Å². The van der Waals surface area contributed by atoms with Crippen LogP contribution in [0.4, 0.5) is 10.5 Å². The van der Waals surface area contributed by atoms with E-state index in [0.717, 1.165) is 30.7 Å². The molecule has 23 heavy (non-hydrogen) atoms. The standard InChI is InChI=1S/C18H21N3O2/c22-18(20-16-5-2-1-3-6-16)21(14-17-7-4-12-23-17)13-15-8-10-19-11-9-15/h1-3,5-6,8-11,17H,4,7,12-14H2,(H,20,22). The molecule has 120 valence electrons. The Morgan fingerprint density at radius 2 is 2.00 bits per heavy atom. The minimum Gasteiger partial charge on any atom is -0.376 e. The third-order valence-electron chi connectivity index (χ3n) is 3.88. The van der Waals surface area contributed by atoms with E-state index in [4.69, 9.17) is 4.74 Å². The molecule has 1 aromatic heterocycles. The Hall–Kier alpha value is -2.40. The number of para-hydroxylation sites is 1. The molecule has 1 atom stereocenters. The van der Waals surface area contributed by atoms with Crippen LogP contribution >= 0.6 is 0 Å². The van der Waals surface area contributed by atoms with Gasteiger partial charge in [-0.2, -0.15) is 0 Å². The lowest BCUT2D eigenvalue weighted by molar-refractivity contribution is 0.0819. The number of urea groups is 1. The molecule has 2 aromatic rings. The molecule has 5 heteroatoms. The van der Waals surface area contributed by atoms with Crippen molar-refractivity contribution in [2.75, 3.05) is 18.5 Å². The number of pyridine rings is 1. The van der Waals surface area contributed by atoms with Gasteiger partial charge in [0.05, 0.1) is 6.10 Å².